The first-order valence-corrected chi connectivity index (χ1v) is 12.7. The lowest BCUT2D eigenvalue weighted by Crippen LogP contribution is -2.47. The summed E-state index contributed by atoms with van der Waals surface area (Å²) < 4.78 is 18.9. The zero-order valence-corrected chi connectivity index (χ0v) is 21.9. The maximum atomic E-state index is 13.5. The van der Waals surface area contributed by atoms with Crippen molar-refractivity contribution in [3.63, 3.8) is 0 Å². The smallest absolute Gasteiger partial charge is 0.294 e. The highest BCUT2D eigenvalue weighted by atomic mass is 79.9. The molecule has 0 saturated carbocycles. The zero-order valence-electron chi connectivity index (χ0n) is 20.3. The lowest BCUT2D eigenvalue weighted by Gasteiger charge is -2.35. The van der Waals surface area contributed by atoms with E-state index in [0.29, 0.717) is 41.7 Å². The van der Waals surface area contributed by atoms with Crippen molar-refractivity contribution in [3.8, 4) is 0 Å². The molecule has 2 atom stereocenters. The summed E-state index contributed by atoms with van der Waals surface area (Å²) in [6.07, 6.45) is 3.72. The lowest BCUT2D eigenvalue weighted by molar-refractivity contribution is -0.384. The van der Waals surface area contributed by atoms with Crippen molar-refractivity contribution in [1.82, 2.24) is 14.8 Å². The summed E-state index contributed by atoms with van der Waals surface area (Å²) in [5.74, 6) is -0.643. The number of benzene rings is 1. The van der Waals surface area contributed by atoms with Crippen molar-refractivity contribution in [2.45, 2.75) is 25.0 Å². The Kier molecular flexibility index (Phi) is 8.54. The number of piperidine rings is 1. The third kappa shape index (κ3) is 6.16. The highest BCUT2D eigenvalue weighted by Gasteiger charge is 2.32. The molecular weight excluding hydrogens is 551 g/mol. The zero-order chi connectivity index (χ0) is 26.5. The number of nitro benzene ring substituents is 1. The van der Waals surface area contributed by atoms with Gasteiger partial charge in [0.2, 0.25) is 0 Å². The Balaban J connectivity index is 1.59. The Morgan fingerprint density at radius 1 is 1.22 bits per heavy atom. The number of alkyl halides is 1. The van der Waals surface area contributed by atoms with E-state index in [1.807, 2.05) is 0 Å². The number of carbonyl (C=O) groups excluding carboxylic acids is 2. The van der Waals surface area contributed by atoms with E-state index in [2.05, 4.69) is 31.5 Å². The van der Waals surface area contributed by atoms with Gasteiger partial charge in [0, 0.05) is 62.2 Å². The van der Waals surface area contributed by atoms with Gasteiger partial charge in [-0.2, -0.15) is 0 Å². The number of ether oxygens (including phenoxy) is 1. The molecule has 2 fully saturated rings. The second-order valence-electron chi connectivity index (χ2n) is 8.95. The summed E-state index contributed by atoms with van der Waals surface area (Å²) in [6, 6.07) is 4.25. The number of hydrogen-bond donors (Lipinski definition) is 2. The Morgan fingerprint density at radius 3 is 2.73 bits per heavy atom. The molecule has 1 aromatic heterocycles. The standard InChI is InChI=1S/C24H28BrFN6O5/c1-27-18-7-15(11-28-12-18)23(33)30-4-2-3-17(13-30)29-22-20(8-16(25)9-21(22)32(35)36)24(34)31-5-6-37-19(10-26)14-31/h7-9,11-12,17,19,27,29H,2-6,10,13-14H2,1H3/t17-,19-/m1/s1. The fourth-order valence-electron chi connectivity index (χ4n) is 4.58. The molecule has 2 aliphatic rings. The molecule has 1 aromatic carbocycles. The molecule has 4 rings (SSSR count). The minimum absolute atomic E-state index is 0.0561. The van der Waals surface area contributed by atoms with Gasteiger partial charge in [-0.25, -0.2) is 4.39 Å². The first-order valence-electron chi connectivity index (χ1n) is 11.9. The molecule has 37 heavy (non-hydrogen) atoms. The molecule has 0 aliphatic carbocycles. The third-order valence-corrected chi connectivity index (χ3v) is 6.90. The van der Waals surface area contributed by atoms with E-state index in [1.54, 1.807) is 24.2 Å². The number of nitrogens with one attached hydrogen (secondary N) is 2. The van der Waals surface area contributed by atoms with Crippen LogP contribution in [0.2, 0.25) is 0 Å². The van der Waals surface area contributed by atoms with Crippen molar-refractivity contribution >= 4 is 44.8 Å². The molecule has 0 radical (unpaired) electrons. The minimum Gasteiger partial charge on any atom is -0.387 e. The molecule has 11 nitrogen and oxygen atoms in total. The minimum atomic E-state index is -0.731. The molecule has 0 bridgehead atoms. The summed E-state index contributed by atoms with van der Waals surface area (Å²) in [5.41, 5.74) is 1.08. The predicted octanol–water partition coefficient (Wildman–Crippen LogP) is 3.32. The number of hydrogen-bond acceptors (Lipinski definition) is 8. The number of anilines is 2. The number of pyridine rings is 1. The normalized spacial score (nSPS) is 19.9. The van der Waals surface area contributed by atoms with Gasteiger partial charge in [-0.3, -0.25) is 24.7 Å². The topological polar surface area (TPSA) is 130 Å². The highest BCUT2D eigenvalue weighted by molar-refractivity contribution is 9.10. The summed E-state index contributed by atoms with van der Waals surface area (Å²) in [4.78, 5) is 45.2. The van der Waals surface area contributed by atoms with Gasteiger partial charge in [-0.15, -0.1) is 0 Å². The van der Waals surface area contributed by atoms with Crippen molar-refractivity contribution < 1.29 is 23.6 Å². The monoisotopic (exact) mass is 578 g/mol. The molecular formula is C24H28BrFN6O5. The van der Waals surface area contributed by atoms with E-state index in [4.69, 9.17) is 4.74 Å². The largest absolute Gasteiger partial charge is 0.387 e. The number of nitro groups is 1. The van der Waals surface area contributed by atoms with Crippen LogP contribution in [-0.2, 0) is 4.74 Å². The van der Waals surface area contributed by atoms with Gasteiger partial charge in [0.1, 0.15) is 18.5 Å². The number of morpholine rings is 1. The lowest BCUT2D eigenvalue weighted by atomic mass is 10.0. The average molecular weight is 579 g/mol. The van der Waals surface area contributed by atoms with Gasteiger partial charge in [0.15, 0.2) is 0 Å². The van der Waals surface area contributed by atoms with Crippen molar-refractivity contribution in [1.29, 1.82) is 0 Å². The molecule has 2 amide bonds. The van der Waals surface area contributed by atoms with Crippen LogP contribution in [0.3, 0.4) is 0 Å². The Bertz CT molecular complexity index is 1180. The summed E-state index contributed by atoms with van der Waals surface area (Å²) >= 11 is 3.27. The van der Waals surface area contributed by atoms with Gasteiger partial charge in [0.25, 0.3) is 17.5 Å². The van der Waals surface area contributed by atoms with Crippen LogP contribution in [0.4, 0.5) is 21.5 Å². The maximum Gasteiger partial charge on any atom is 0.294 e. The van der Waals surface area contributed by atoms with Gasteiger partial charge in [-0.05, 0) is 25.0 Å². The summed E-state index contributed by atoms with van der Waals surface area (Å²) in [6.45, 7) is 0.591. The van der Waals surface area contributed by atoms with Crippen LogP contribution in [0, 0.1) is 10.1 Å². The number of halogens is 2. The van der Waals surface area contributed by atoms with Gasteiger partial charge in [-0.1, -0.05) is 15.9 Å². The van der Waals surface area contributed by atoms with Gasteiger partial charge in [0.05, 0.1) is 28.3 Å². The van der Waals surface area contributed by atoms with Crippen LogP contribution in [0.25, 0.3) is 0 Å². The van der Waals surface area contributed by atoms with Crippen LogP contribution in [-0.4, -0.2) is 90.2 Å². The molecule has 2 aliphatic heterocycles. The molecule has 0 unspecified atom stereocenters. The van der Waals surface area contributed by atoms with E-state index in [1.165, 1.54) is 23.2 Å². The summed E-state index contributed by atoms with van der Waals surface area (Å²) in [5, 5.41) is 18.1. The maximum absolute atomic E-state index is 13.5. The van der Waals surface area contributed by atoms with E-state index < -0.39 is 23.6 Å². The average Bonchev–Trinajstić information content (AvgIpc) is 2.93. The molecule has 0 spiro atoms. The molecule has 2 saturated heterocycles. The van der Waals surface area contributed by atoms with Crippen LogP contribution < -0.4 is 10.6 Å². The Labute approximate surface area is 221 Å². The number of rotatable bonds is 7. The first kappa shape index (κ1) is 26.7. The number of likely N-dealkylation sites (tertiary alicyclic amines) is 1. The molecule has 2 aromatic rings. The fraction of sp³-hybridized carbons (Fsp3) is 0.458. The second kappa shape index (κ2) is 11.8. The number of carbonyl (C=O) groups is 2. The van der Waals surface area contributed by atoms with Crippen LogP contribution in [0.1, 0.15) is 33.6 Å². The van der Waals surface area contributed by atoms with Crippen molar-refractivity contribution in [2.75, 3.05) is 57.1 Å². The first-order chi connectivity index (χ1) is 17.8. The van der Waals surface area contributed by atoms with E-state index in [9.17, 15) is 24.1 Å². The van der Waals surface area contributed by atoms with Crippen molar-refractivity contribution in [2.24, 2.45) is 0 Å². The van der Waals surface area contributed by atoms with Crippen LogP contribution in [0.5, 0.6) is 0 Å². The molecule has 3 heterocycles. The van der Waals surface area contributed by atoms with Gasteiger partial charge < -0.3 is 25.2 Å². The third-order valence-electron chi connectivity index (χ3n) is 6.44. The highest BCUT2D eigenvalue weighted by Crippen LogP contribution is 2.35. The number of nitrogens with zero attached hydrogens (tertiary/aromatic N) is 4. The fourth-order valence-corrected chi connectivity index (χ4v) is 5.03. The van der Waals surface area contributed by atoms with Crippen LogP contribution in [0.15, 0.2) is 35.1 Å². The quantitative estimate of drug-likeness (QED) is 0.378. The second-order valence-corrected chi connectivity index (χ2v) is 9.87. The number of amides is 2. The molecule has 2 N–H and O–H groups in total. The predicted molar refractivity (Wildman–Crippen MR) is 139 cm³/mol. The summed E-state index contributed by atoms with van der Waals surface area (Å²) in [7, 11) is 1.74. The number of aromatic nitrogens is 1. The SMILES string of the molecule is CNc1cncc(C(=O)N2CCC[C@@H](Nc3c(C(=O)N4CCO[C@H](CF)C4)cc(Br)cc3[N+](=O)[O-])C2)c1. The van der Waals surface area contributed by atoms with Gasteiger partial charge >= 0.3 is 0 Å². The van der Waals surface area contributed by atoms with Crippen molar-refractivity contribution in [3.05, 3.63) is 56.3 Å². The Morgan fingerprint density at radius 2 is 2.00 bits per heavy atom. The van der Waals surface area contributed by atoms with Crippen LogP contribution >= 0.6 is 15.9 Å². The molecule has 13 heteroatoms. The molecule has 198 valence electrons. The van der Waals surface area contributed by atoms with E-state index in [0.717, 1.165) is 0 Å². The van der Waals surface area contributed by atoms with E-state index in [-0.39, 0.29) is 48.6 Å². The van der Waals surface area contributed by atoms with E-state index >= 15 is 0 Å². The Hall–Kier alpha value is -3.32.